The maximum Gasteiger partial charge on any atom is 0.0267 e. The van der Waals surface area contributed by atoms with Crippen molar-refractivity contribution in [1.29, 1.82) is 0 Å². The maximum atomic E-state index is 3.78. The maximum absolute atomic E-state index is 3.78. The summed E-state index contributed by atoms with van der Waals surface area (Å²) in [7, 11) is 0. The van der Waals surface area contributed by atoms with E-state index in [0.29, 0.717) is 0 Å². The van der Waals surface area contributed by atoms with Crippen LogP contribution >= 0.6 is 9.90 Å². The monoisotopic (exact) mass is 110 g/mol. The van der Waals surface area contributed by atoms with Crippen LogP contribution in [-0.2, 0) is 0 Å². The molecule has 0 spiro atoms. The fourth-order valence-corrected chi connectivity index (χ4v) is 0.313. The standard InChI is InChI=1S/C5H5N.P/c1-2-4-6-5-3-1;/h1-5H;. The average Bonchev–Trinajstić information content (AvgIpc) is 1.72. The van der Waals surface area contributed by atoms with Crippen LogP contribution in [0.5, 0.6) is 0 Å². The molecule has 0 unspecified atom stereocenters. The largest absolute Gasteiger partial charge is 0.265 e. The van der Waals surface area contributed by atoms with Gasteiger partial charge in [0.05, 0.1) is 0 Å². The third-order valence-corrected chi connectivity index (χ3v) is 0.566. The van der Waals surface area contributed by atoms with Crippen molar-refractivity contribution in [3.8, 4) is 0 Å². The summed E-state index contributed by atoms with van der Waals surface area (Å²) in [5.41, 5.74) is 0. The van der Waals surface area contributed by atoms with Crippen molar-refractivity contribution < 1.29 is 0 Å². The van der Waals surface area contributed by atoms with Crippen LogP contribution in [0, 0.1) is 0 Å². The molecule has 1 nitrogen and oxygen atoms in total. The van der Waals surface area contributed by atoms with Crippen LogP contribution in [0.4, 0.5) is 0 Å². The van der Waals surface area contributed by atoms with E-state index in [1.807, 2.05) is 18.2 Å². The first-order chi connectivity index (χ1) is 3.00. The zero-order chi connectivity index (χ0) is 4.24. The average molecular weight is 110 g/mol. The molecule has 7 heavy (non-hydrogen) atoms. The first-order valence-corrected chi connectivity index (χ1v) is 1.85. The van der Waals surface area contributed by atoms with Crippen molar-refractivity contribution in [2.24, 2.45) is 0 Å². The minimum absolute atomic E-state index is 0. The van der Waals surface area contributed by atoms with Crippen molar-refractivity contribution in [3.63, 3.8) is 0 Å². The molecule has 0 aliphatic carbocycles. The predicted octanol–water partition coefficient (Wildman–Crippen LogP) is 1.94. The second-order valence-corrected chi connectivity index (χ2v) is 1.02. The van der Waals surface area contributed by atoms with Gasteiger partial charge in [0.15, 0.2) is 0 Å². The molecule has 0 bridgehead atoms. The lowest BCUT2D eigenvalue weighted by atomic mass is 10.5. The Morgan fingerprint density at radius 3 is 1.57 bits per heavy atom. The highest BCUT2D eigenvalue weighted by Gasteiger charge is 1.58. The van der Waals surface area contributed by atoms with Crippen LogP contribution in [0.1, 0.15) is 0 Å². The molecule has 1 aromatic heterocycles. The highest BCUT2D eigenvalue weighted by molar-refractivity contribution is 6.92. The lowest BCUT2D eigenvalue weighted by Gasteiger charge is -1.70. The Morgan fingerprint density at radius 1 is 0.857 bits per heavy atom. The molecule has 2 heteroatoms. The molecular formula is C5H5NP. The molecule has 0 N–H and O–H groups in total. The first-order valence-electron chi connectivity index (χ1n) is 1.85. The number of nitrogens with zero attached hydrogens (tertiary/aromatic N) is 1. The van der Waals surface area contributed by atoms with E-state index in [1.54, 1.807) is 12.4 Å². The van der Waals surface area contributed by atoms with Crippen LogP contribution < -0.4 is 0 Å². The molecule has 1 rings (SSSR count). The van der Waals surface area contributed by atoms with Gasteiger partial charge in [-0.3, -0.25) is 4.98 Å². The van der Waals surface area contributed by atoms with Crippen molar-refractivity contribution >= 4 is 9.90 Å². The summed E-state index contributed by atoms with van der Waals surface area (Å²) in [6.45, 7) is 0. The van der Waals surface area contributed by atoms with E-state index in [1.165, 1.54) is 0 Å². The molecule has 0 aliphatic rings. The van der Waals surface area contributed by atoms with Gasteiger partial charge in [-0.25, -0.2) is 0 Å². The fourth-order valence-electron chi connectivity index (χ4n) is 0.313. The highest BCUT2D eigenvalue weighted by atomic mass is 31.0. The Bertz CT molecular complexity index is 80.0. The van der Waals surface area contributed by atoms with Crippen LogP contribution in [-0.4, -0.2) is 4.98 Å². The molecule has 1 heterocycles. The molecule has 0 saturated carbocycles. The quantitative estimate of drug-likeness (QED) is 0.465. The Labute approximate surface area is 46.4 Å². The number of aromatic nitrogens is 1. The van der Waals surface area contributed by atoms with Crippen LogP contribution in [0.15, 0.2) is 30.6 Å². The van der Waals surface area contributed by atoms with Crippen molar-refractivity contribution in [3.05, 3.63) is 30.6 Å². The van der Waals surface area contributed by atoms with Gasteiger partial charge in [-0.1, -0.05) is 6.07 Å². The molecule has 1 aromatic rings. The van der Waals surface area contributed by atoms with Crippen LogP contribution in [0.2, 0.25) is 0 Å². The molecule has 3 radical (unpaired) electrons. The zero-order valence-corrected chi connectivity index (χ0v) is 4.68. The minimum Gasteiger partial charge on any atom is -0.265 e. The van der Waals surface area contributed by atoms with Gasteiger partial charge in [0.1, 0.15) is 0 Å². The third kappa shape index (κ3) is 2.30. The molecule has 0 aliphatic heterocycles. The molecule has 0 aromatic carbocycles. The number of rotatable bonds is 0. The molecule has 0 amide bonds. The molecule has 0 fully saturated rings. The highest BCUT2D eigenvalue weighted by Crippen LogP contribution is 1.73. The number of hydrogen-bond acceptors (Lipinski definition) is 1. The molecule has 0 atom stereocenters. The Hall–Kier alpha value is -0.420. The predicted molar refractivity (Wildman–Crippen MR) is 31.2 cm³/mol. The van der Waals surface area contributed by atoms with Crippen molar-refractivity contribution in [2.45, 2.75) is 0 Å². The molecule has 0 saturated heterocycles. The number of hydrogen-bond donors (Lipinski definition) is 0. The lowest BCUT2D eigenvalue weighted by molar-refractivity contribution is 1.33. The van der Waals surface area contributed by atoms with Crippen LogP contribution in [0.25, 0.3) is 0 Å². The normalized spacial score (nSPS) is 6.86. The summed E-state index contributed by atoms with van der Waals surface area (Å²) in [6, 6.07) is 5.72. The van der Waals surface area contributed by atoms with E-state index in [0.717, 1.165) is 0 Å². The van der Waals surface area contributed by atoms with E-state index in [9.17, 15) is 0 Å². The van der Waals surface area contributed by atoms with Gasteiger partial charge in [-0.2, -0.15) is 0 Å². The van der Waals surface area contributed by atoms with Gasteiger partial charge in [-0.05, 0) is 12.1 Å². The smallest absolute Gasteiger partial charge is 0.0267 e. The second-order valence-electron chi connectivity index (χ2n) is 1.02. The second kappa shape index (κ2) is 3.76. The summed E-state index contributed by atoms with van der Waals surface area (Å²) in [4.78, 5) is 3.78. The van der Waals surface area contributed by atoms with E-state index >= 15 is 0 Å². The van der Waals surface area contributed by atoms with Crippen molar-refractivity contribution in [2.75, 3.05) is 0 Å². The summed E-state index contributed by atoms with van der Waals surface area (Å²) >= 11 is 0. The first kappa shape index (κ1) is 6.58. The van der Waals surface area contributed by atoms with Gasteiger partial charge >= 0.3 is 0 Å². The SMILES string of the molecule is [P].c1ccncc1. The van der Waals surface area contributed by atoms with Gasteiger partial charge in [-0.15, -0.1) is 0 Å². The van der Waals surface area contributed by atoms with E-state index in [4.69, 9.17) is 0 Å². The minimum atomic E-state index is 0. The Kier molecular flexibility index (Phi) is 3.53. The van der Waals surface area contributed by atoms with E-state index < -0.39 is 0 Å². The molecular weight excluding hydrogens is 105 g/mol. The summed E-state index contributed by atoms with van der Waals surface area (Å²) in [5, 5.41) is 0. The van der Waals surface area contributed by atoms with Gasteiger partial charge < -0.3 is 0 Å². The van der Waals surface area contributed by atoms with E-state index in [-0.39, 0.29) is 9.90 Å². The van der Waals surface area contributed by atoms with Crippen LogP contribution in [0.3, 0.4) is 0 Å². The van der Waals surface area contributed by atoms with E-state index in [2.05, 4.69) is 4.98 Å². The Morgan fingerprint density at radius 2 is 1.43 bits per heavy atom. The summed E-state index contributed by atoms with van der Waals surface area (Å²) in [5.74, 6) is 0. The zero-order valence-electron chi connectivity index (χ0n) is 3.78. The number of pyridine rings is 1. The Balaban J connectivity index is 0.000000360. The van der Waals surface area contributed by atoms with Gasteiger partial charge in [0, 0.05) is 22.3 Å². The fraction of sp³-hybridized carbons (Fsp3) is 0. The van der Waals surface area contributed by atoms with Gasteiger partial charge in [0.2, 0.25) is 0 Å². The topological polar surface area (TPSA) is 12.9 Å². The molecule has 35 valence electrons. The third-order valence-electron chi connectivity index (χ3n) is 0.566. The lowest BCUT2D eigenvalue weighted by Crippen LogP contribution is -1.58. The van der Waals surface area contributed by atoms with Gasteiger partial charge in [0.25, 0.3) is 0 Å². The summed E-state index contributed by atoms with van der Waals surface area (Å²) < 4.78 is 0. The summed E-state index contributed by atoms with van der Waals surface area (Å²) in [6.07, 6.45) is 3.50. The van der Waals surface area contributed by atoms with Crippen molar-refractivity contribution in [1.82, 2.24) is 4.98 Å².